The highest BCUT2D eigenvalue weighted by Gasteiger charge is 2.62. The standard InChI is InChI=1S/C8H13NO2.ClH/c1-9-5-2-4(10)3-6(9)8-7(5)11-8;/h4-8,10H,2-3H2,1H3;1H/t5-,6-,7-,8-;/m0./s1. The lowest BCUT2D eigenvalue weighted by molar-refractivity contribution is 0.00149. The number of halogens is 1. The summed E-state index contributed by atoms with van der Waals surface area (Å²) in [6, 6.07) is 1.02. The van der Waals surface area contributed by atoms with Gasteiger partial charge in [0.2, 0.25) is 0 Å². The molecule has 70 valence electrons. The molecule has 3 aliphatic heterocycles. The Morgan fingerprint density at radius 2 is 1.75 bits per heavy atom. The van der Waals surface area contributed by atoms with Gasteiger partial charge in [-0.2, -0.15) is 0 Å². The van der Waals surface area contributed by atoms with Crippen molar-refractivity contribution in [1.82, 2.24) is 4.90 Å². The van der Waals surface area contributed by atoms with E-state index in [0.717, 1.165) is 12.8 Å². The highest BCUT2D eigenvalue weighted by Crippen LogP contribution is 2.47. The molecule has 0 saturated carbocycles. The van der Waals surface area contributed by atoms with Gasteiger partial charge in [-0.25, -0.2) is 0 Å². The number of aliphatic hydroxyl groups excluding tert-OH is 1. The first-order valence-electron chi connectivity index (χ1n) is 4.33. The second-order valence-electron chi connectivity index (χ2n) is 3.99. The van der Waals surface area contributed by atoms with E-state index in [0.29, 0.717) is 24.3 Å². The number of epoxide rings is 1. The molecule has 0 aromatic rings. The fourth-order valence-electron chi connectivity index (χ4n) is 2.72. The van der Waals surface area contributed by atoms with E-state index in [-0.39, 0.29) is 18.5 Å². The van der Waals surface area contributed by atoms with Crippen molar-refractivity contribution in [3.63, 3.8) is 0 Å². The van der Waals surface area contributed by atoms with Crippen LogP contribution in [0.25, 0.3) is 0 Å². The fraction of sp³-hybridized carbons (Fsp3) is 1.00. The van der Waals surface area contributed by atoms with Crippen molar-refractivity contribution < 1.29 is 9.84 Å². The van der Waals surface area contributed by atoms with E-state index in [9.17, 15) is 5.11 Å². The number of rotatable bonds is 0. The molecule has 0 aromatic carbocycles. The third-order valence-corrected chi connectivity index (χ3v) is 3.39. The average Bonchev–Trinajstić information content (AvgIpc) is 2.66. The summed E-state index contributed by atoms with van der Waals surface area (Å²) in [6.07, 6.45) is 2.67. The number of morpholine rings is 1. The molecule has 3 rings (SSSR count). The number of piperidine rings is 1. The van der Waals surface area contributed by atoms with E-state index in [1.54, 1.807) is 0 Å². The number of hydrogen-bond donors (Lipinski definition) is 1. The van der Waals surface area contributed by atoms with Crippen LogP contribution in [0.5, 0.6) is 0 Å². The highest BCUT2D eigenvalue weighted by atomic mass is 35.5. The molecule has 3 fully saturated rings. The Morgan fingerprint density at radius 3 is 2.25 bits per heavy atom. The minimum atomic E-state index is -0.0717. The number of likely N-dealkylation sites (N-methyl/N-ethyl adjacent to an activating group) is 1. The number of nitrogens with zero attached hydrogens (tertiary/aromatic N) is 1. The summed E-state index contributed by atoms with van der Waals surface area (Å²) < 4.78 is 5.49. The van der Waals surface area contributed by atoms with Crippen molar-refractivity contribution in [1.29, 1.82) is 0 Å². The maximum absolute atomic E-state index is 9.46. The van der Waals surface area contributed by atoms with Gasteiger partial charge in [0.1, 0.15) is 12.2 Å². The van der Waals surface area contributed by atoms with E-state index in [1.165, 1.54) is 0 Å². The molecule has 3 saturated heterocycles. The van der Waals surface area contributed by atoms with Crippen LogP contribution < -0.4 is 0 Å². The van der Waals surface area contributed by atoms with Gasteiger partial charge in [0.15, 0.2) is 0 Å². The fourth-order valence-corrected chi connectivity index (χ4v) is 2.72. The lowest BCUT2D eigenvalue weighted by atomic mass is 10.00. The van der Waals surface area contributed by atoms with Crippen molar-refractivity contribution >= 4 is 12.4 Å². The number of ether oxygens (including phenoxy) is 1. The maximum atomic E-state index is 9.46. The van der Waals surface area contributed by atoms with Crippen LogP contribution in [0.3, 0.4) is 0 Å². The summed E-state index contributed by atoms with van der Waals surface area (Å²) in [5.74, 6) is 0. The monoisotopic (exact) mass is 191 g/mol. The maximum Gasteiger partial charge on any atom is 0.101 e. The van der Waals surface area contributed by atoms with Crippen LogP contribution in [-0.4, -0.2) is 47.4 Å². The molecule has 3 aliphatic rings. The largest absolute Gasteiger partial charge is 0.393 e. The molecule has 0 amide bonds. The Balaban J connectivity index is 0.000000563. The third kappa shape index (κ3) is 0.940. The minimum Gasteiger partial charge on any atom is -0.393 e. The third-order valence-electron chi connectivity index (χ3n) is 3.39. The van der Waals surface area contributed by atoms with Crippen molar-refractivity contribution in [2.24, 2.45) is 0 Å². The summed E-state index contributed by atoms with van der Waals surface area (Å²) in [5, 5.41) is 9.46. The first-order valence-corrected chi connectivity index (χ1v) is 4.33. The molecule has 0 unspecified atom stereocenters. The number of hydrogen-bond acceptors (Lipinski definition) is 3. The molecule has 0 aromatic heterocycles. The second-order valence-corrected chi connectivity index (χ2v) is 3.99. The zero-order chi connectivity index (χ0) is 7.59. The molecule has 2 bridgehead atoms. The predicted molar refractivity (Wildman–Crippen MR) is 46.5 cm³/mol. The van der Waals surface area contributed by atoms with Crippen molar-refractivity contribution in [2.45, 2.75) is 43.2 Å². The van der Waals surface area contributed by atoms with Crippen LogP contribution in [0.4, 0.5) is 0 Å². The van der Waals surface area contributed by atoms with E-state index >= 15 is 0 Å². The van der Waals surface area contributed by atoms with Crippen LogP contribution in [-0.2, 0) is 4.74 Å². The second kappa shape index (κ2) is 2.58. The molecule has 4 heteroatoms. The van der Waals surface area contributed by atoms with Crippen LogP contribution in [0.1, 0.15) is 12.8 Å². The normalized spacial score (nSPS) is 56.0. The van der Waals surface area contributed by atoms with Gasteiger partial charge in [0, 0.05) is 12.1 Å². The van der Waals surface area contributed by atoms with Gasteiger partial charge in [-0.1, -0.05) is 0 Å². The quantitative estimate of drug-likeness (QED) is 0.549. The van der Waals surface area contributed by atoms with E-state index < -0.39 is 0 Å². The first kappa shape index (κ1) is 8.75. The van der Waals surface area contributed by atoms with Gasteiger partial charge >= 0.3 is 0 Å². The Hall–Kier alpha value is 0.170. The molecular weight excluding hydrogens is 178 g/mol. The molecule has 3 nitrogen and oxygen atoms in total. The van der Waals surface area contributed by atoms with Crippen molar-refractivity contribution in [2.75, 3.05) is 7.05 Å². The van der Waals surface area contributed by atoms with Crippen LogP contribution in [0, 0.1) is 0 Å². The summed E-state index contributed by atoms with van der Waals surface area (Å²) >= 11 is 0. The van der Waals surface area contributed by atoms with Crippen molar-refractivity contribution in [3.05, 3.63) is 0 Å². The molecule has 4 atom stereocenters. The van der Waals surface area contributed by atoms with Gasteiger partial charge in [-0.15, -0.1) is 12.4 Å². The van der Waals surface area contributed by atoms with E-state index in [2.05, 4.69) is 11.9 Å². The topological polar surface area (TPSA) is 36.0 Å². The summed E-state index contributed by atoms with van der Waals surface area (Å²) in [6.45, 7) is 0. The lowest BCUT2D eigenvalue weighted by Gasteiger charge is -2.36. The molecule has 0 aliphatic carbocycles. The van der Waals surface area contributed by atoms with Crippen molar-refractivity contribution in [3.8, 4) is 0 Å². The lowest BCUT2D eigenvalue weighted by Crippen LogP contribution is -2.46. The van der Waals surface area contributed by atoms with Gasteiger partial charge in [-0.3, -0.25) is 4.90 Å². The summed E-state index contributed by atoms with van der Waals surface area (Å²) in [7, 11) is 2.15. The van der Waals surface area contributed by atoms with E-state index in [4.69, 9.17) is 4.74 Å². The zero-order valence-corrected chi connectivity index (χ0v) is 7.83. The Morgan fingerprint density at radius 1 is 1.25 bits per heavy atom. The molecule has 1 N–H and O–H groups in total. The molecular formula is C8H14ClNO2. The highest BCUT2D eigenvalue weighted by molar-refractivity contribution is 5.85. The van der Waals surface area contributed by atoms with Crippen LogP contribution >= 0.6 is 12.4 Å². The molecule has 0 spiro atoms. The first-order chi connectivity index (χ1) is 5.27. The van der Waals surface area contributed by atoms with Gasteiger partial charge in [0.25, 0.3) is 0 Å². The Bertz CT molecular complexity index is 183. The van der Waals surface area contributed by atoms with Crippen LogP contribution in [0.15, 0.2) is 0 Å². The average molecular weight is 192 g/mol. The molecule has 3 heterocycles. The summed E-state index contributed by atoms with van der Waals surface area (Å²) in [4.78, 5) is 2.38. The smallest absolute Gasteiger partial charge is 0.101 e. The SMILES string of the molecule is CN1[C@H]2CC(O)C[C@H]1[C@@H]1O[C@H]12.Cl. The van der Waals surface area contributed by atoms with Crippen LogP contribution in [0.2, 0.25) is 0 Å². The Kier molecular flexibility index (Phi) is 1.88. The van der Waals surface area contributed by atoms with E-state index in [1.807, 2.05) is 0 Å². The van der Waals surface area contributed by atoms with Gasteiger partial charge < -0.3 is 9.84 Å². The molecule has 12 heavy (non-hydrogen) atoms. The zero-order valence-electron chi connectivity index (χ0n) is 7.01. The minimum absolute atomic E-state index is 0. The van der Waals surface area contributed by atoms with Gasteiger partial charge in [-0.05, 0) is 19.9 Å². The summed E-state index contributed by atoms with van der Waals surface area (Å²) in [5.41, 5.74) is 0. The number of aliphatic hydroxyl groups is 1. The number of fused-ring (bicyclic) bond motifs is 5. The predicted octanol–water partition coefficient (Wildman–Crippen LogP) is 0.0129. The van der Waals surface area contributed by atoms with Gasteiger partial charge in [0.05, 0.1) is 6.10 Å². The molecule has 0 radical (unpaired) electrons. The Labute approximate surface area is 78.1 Å².